The molecule has 2 heteroatoms. The fourth-order valence-corrected chi connectivity index (χ4v) is 3.26. The summed E-state index contributed by atoms with van der Waals surface area (Å²) in [6.45, 7) is 0. The van der Waals surface area contributed by atoms with Crippen molar-refractivity contribution >= 4 is 17.5 Å². The zero-order valence-corrected chi connectivity index (χ0v) is 10.5. The number of hydrogen-bond donors (Lipinski definition) is 0. The molecule has 16 heavy (non-hydrogen) atoms. The van der Waals surface area contributed by atoms with Crippen LogP contribution in [0.3, 0.4) is 0 Å². The van der Waals surface area contributed by atoms with Gasteiger partial charge in [0.25, 0.3) is 0 Å². The van der Waals surface area contributed by atoms with Crippen molar-refractivity contribution in [3.05, 3.63) is 35.9 Å². The predicted molar refractivity (Wildman–Crippen MR) is 69.8 cm³/mol. The summed E-state index contributed by atoms with van der Waals surface area (Å²) in [6.07, 6.45) is 6.33. The lowest BCUT2D eigenvalue weighted by Gasteiger charge is -2.26. The maximum absolute atomic E-state index is 12.1. The zero-order chi connectivity index (χ0) is 11.4. The van der Waals surface area contributed by atoms with Gasteiger partial charge in [0, 0.05) is 5.92 Å². The first kappa shape index (κ1) is 11.7. The highest BCUT2D eigenvalue weighted by Gasteiger charge is 2.30. The fourth-order valence-electron chi connectivity index (χ4n) is 2.43. The van der Waals surface area contributed by atoms with Gasteiger partial charge in [-0.05, 0) is 31.1 Å². The molecule has 2 rings (SSSR count). The molecule has 1 fully saturated rings. The molecule has 86 valence electrons. The number of hydrogen-bond acceptors (Lipinski definition) is 2. The first-order valence-electron chi connectivity index (χ1n) is 5.91. The minimum Gasteiger partial charge on any atom is -0.298 e. The van der Waals surface area contributed by atoms with E-state index in [0.717, 1.165) is 19.3 Å². The molecule has 0 saturated heterocycles. The van der Waals surface area contributed by atoms with Crippen LogP contribution in [0.1, 0.15) is 24.8 Å². The Bertz CT molecular complexity index is 347. The number of benzene rings is 1. The van der Waals surface area contributed by atoms with E-state index >= 15 is 0 Å². The van der Waals surface area contributed by atoms with Gasteiger partial charge in [-0.25, -0.2) is 0 Å². The van der Waals surface area contributed by atoms with Crippen molar-refractivity contribution < 1.29 is 4.79 Å². The molecule has 0 amide bonds. The van der Waals surface area contributed by atoms with E-state index in [1.807, 2.05) is 12.3 Å². The van der Waals surface area contributed by atoms with Crippen LogP contribution in [0.15, 0.2) is 30.3 Å². The third-order valence-electron chi connectivity index (χ3n) is 3.35. The summed E-state index contributed by atoms with van der Waals surface area (Å²) in [7, 11) is 0. The second-order valence-corrected chi connectivity index (χ2v) is 5.48. The van der Waals surface area contributed by atoms with Gasteiger partial charge < -0.3 is 0 Å². The maximum Gasteiger partial charge on any atom is 0.149 e. The van der Waals surface area contributed by atoms with Crippen LogP contribution in [0.5, 0.6) is 0 Å². The van der Waals surface area contributed by atoms with Gasteiger partial charge >= 0.3 is 0 Å². The number of rotatable bonds is 3. The summed E-state index contributed by atoms with van der Waals surface area (Å²) >= 11 is 1.72. The molecule has 1 aromatic carbocycles. The molecule has 1 nitrogen and oxygen atoms in total. The highest BCUT2D eigenvalue weighted by atomic mass is 32.2. The normalized spacial score (nSPS) is 25.7. The minimum absolute atomic E-state index is 0.252. The third kappa shape index (κ3) is 2.67. The van der Waals surface area contributed by atoms with Crippen LogP contribution in [0.4, 0.5) is 0 Å². The van der Waals surface area contributed by atoms with E-state index < -0.39 is 0 Å². The van der Waals surface area contributed by atoms with Crippen molar-refractivity contribution in [1.82, 2.24) is 0 Å². The highest BCUT2D eigenvalue weighted by Crippen LogP contribution is 2.30. The largest absolute Gasteiger partial charge is 0.298 e. The zero-order valence-electron chi connectivity index (χ0n) is 9.69. The van der Waals surface area contributed by atoms with Crippen molar-refractivity contribution in [2.45, 2.75) is 30.9 Å². The molecule has 0 heterocycles. The molecule has 2 atom stereocenters. The lowest BCUT2D eigenvalue weighted by Crippen LogP contribution is -2.31. The Morgan fingerprint density at radius 1 is 1.25 bits per heavy atom. The van der Waals surface area contributed by atoms with Crippen LogP contribution in [0.2, 0.25) is 0 Å². The Morgan fingerprint density at radius 3 is 2.69 bits per heavy atom. The van der Waals surface area contributed by atoms with Crippen molar-refractivity contribution in [2.75, 3.05) is 6.26 Å². The quantitative estimate of drug-likeness (QED) is 0.798. The Kier molecular flexibility index (Phi) is 4.05. The molecule has 0 N–H and O–H groups in total. The maximum atomic E-state index is 12.1. The monoisotopic (exact) mass is 234 g/mol. The molecule has 0 bridgehead atoms. The van der Waals surface area contributed by atoms with Gasteiger partial charge in [-0.2, -0.15) is 11.8 Å². The Morgan fingerprint density at radius 2 is 2.00 bits per heavy atom. The summed E-state index contributed by atoms with van der Waals surface area (Å²) in [5.74, 6) is 0.733. The Hall–Kier alpha value is -0.760. The van der Waals surface area contributed by atoms with Gasteiger partial charge in [-0.15, -0.1) is 0 Å². The first-order valence-corrected chi connectivity index (χ1v) is 7.20. The summed E-state index contributed by atoms with van der Waals surface area (Å²) in [5, 5.41) is 0.252. The number of thioether (sulfide) groups is 1. The molecule has 0 radical (unpaired) electrons. The summed E-state index contributed by atoms with van der Waals surface area (Å²) < 4.78 is 0. The van der Waals surface area contributed by atoms with E-state index in [4.69, 9.17) is 0 Å². The highest BCUT2D eigenvalue weighted by molar-refractivity contribution is 7.99. The molecule has 0 aliphatic heterocycles. The number of Topliss-reactive ketones (excluding diaryl/α,β-unsaturated/α-hetero) is 1. The van der Waals surface area contributed by atoms with Crippen molar-refractivity contribution in [1.29, 1.82) is 0 Å². The van der Waals surface area contributed by atoms with Crippen molar-refractivity contribution in [3.8, 4) is 0 Å². The lowest BCUT2D eigenvalue weighted by atomic mass is 9.83. The predicted octanol–water partition coefficient (Wildman–Crippen LogP) is 3.33. The second-order valence-electron chi connectivity index (χ2n) is 4.44. The average Bonchev–Trinajstić information content (AvgIpc) is 2.33. The van der Waals surface area contributed by atoms with E-state index in [2.05, 4.69) is 24.3 Å². The fraction of sp³-hybridized carbons (Fsp3) is 0.500. The third-order valence-corrected chi connectivity index (χ3v) is 4.39. The summed E-state index contributed by atoms with van der Waals surface area (Å²) in [4.78, 5) is 12.1. The molecule has 1 aromatic rings. The van der Waals surface area contributed by atoms with Crippen LogP contribution in [0.25, 0.3) is 0 Å². The molecule has 1 saturated carbocycles. The lowest BCUT2D eigenvalue weighted by molar-refractivity contribution is -0.123. The minimum atomic E-state index is 0.252. The van der Waals surface area contributed by atoms with Gasteiger partial charge in [-0.3, -0.25) is 4.79 Å². The van der Waals surface area contributed by atoms with Crippen LogP contribution >= 0.6 is 11.8 Å². The second kappa shape index (κ2) is 5.53. The summed E-state index contributed by atoms with van der Waals surface area (Å²) in [6, 6.07) is 10.4. The SMILES string of the molecule is CSC1CCCC(Cc2ccccc2)C1=O. The number of carbonyl (C=O) groups is 1. The molecule has 2 unspecified atom stereocenters. The Balaban J connectivity index is 2.02. The van der Waals surface area contributed by atoms with Crippen LogP contribution in [-0.2, 0) is 11.2 Å². The molecular formula is C14H18OS. The van der Waals surface area contributed by atoms with Gasteiger partial charge in [0.05, 0.1) is 5.25 Å². The van der Waals surface area contributed by atoms with E-state index in [1.54, 1.807) is 11.8 Å². The van der Waals surface area contributed by atoms with E-state index in [-0.39, 0.29) is 11.2 Å². The number of carbonyl (C=O) groups excluding carboxylic acids is 1. The van der Waals surface area contributed by atoms with Gasteiger partial charge in [-0.1, -0.05) is 36.8 Å². The van der Waals surface area contributed by atoms with Gasteiger partial charge in [0.2, 0.25) is 0 Å². The topological polar surface area (TPSA) is 17.1 Å². The van der Waals surface area contributed by atoms with E-state index in [1.165, 1.54) is 12.0 Å². The standard InChI is InChI=1S/C14H18OS/c1-16-13-9-5-8-12(14(13)15)10-11-6-3-2-4-7-11/h2-4,6-7,12-13H,5,8-10H2,1H3. The van der Waals surface area contributed by atoms with Crippen LogP contribution < -0.4 is 0 Å². The number of ketones is 1. The Labute approximate surface area is 102 Å². The molecule has 0 aromatic heterocycles. The molecule has 1 aliphatic carbocycles. The molecule has 1 aliphatic rings. The molecular weight excluding hydrogens is 216 g/mol. The van der Waals surface area contributed by atoms with Crippen molar-refractivity contribution in [3.63, 3.8) is 0 Å². The van der Waals surface area contributed by atoms with Crippen molar-refractivity contribution in [2.24, 2.45) is 5.92 Å². The van der Waals surface area contributed by atoms with Gasteiger partial charge in [0.15, 0.2) is 0 Å². The van der Waals surface area contributed by atoms with Crippen LogP contribution in [-0.4, -0.2) is 17.3 Å². The van der Waals surface area contributed by atoms with Gasteiger partial charge in [0.1, 0.15) is 5.78 Å². The average molecular weight is 234 g/mol. The van der Waals surface area contributed by atoms with Crippen LogP contribution in [0, 0.1) is 5.92 Å². The van der Waals surface area contributed by atoms with E-state index in [9.17, 15) is 4.79 Å². The van der Waals surface area contributed by atoms with E-state index in [0.29, 0.717) is 5.78 Å². The molecule has 0 spiro atoms. The summed E-state index contributed by atoms with van der Waals surface area (Å²) in [5.41, 5.74) is 1.29. The smallest absolute Gasteiger partial charge is 0.149 e. The first-order chi connectivity index (χ1) is 7.81.